The lowest BCUT2D eigenvalue weighted by molar-refractivity contribution is -0.133. The summed E-state index contributed by atoms with van der Waals surface area (Å²) in [4.78, 5) is 25.1. The number of cyclic esters (lactones) is 1. The molecule has 2 aromatic carbocycles. The van der Waals surface area contributed by atoms with E-state index in [1.165, 1.54) is 11.8 Å². The van der Waals surface area contributed by atoms with Crippen LogP contribution >= 0.6 is 11.8 Å². The Morgan fingerprint density at radius 2 is 1.83 bits per heavy atom. The summed E-state index contributed by atoms with van der Waals surface area (Å²) < 4.78 is 5.27. The number of carbonyl (C=O) groups excluding carboxylic acids is 2. The molecule has 0 saturated carbocycles. The first-order valence-corrected chi connectivity index (χ1v) is 8.28. The van der Waals surface area contributed by atoms with Crippen molar-refractivity contribution in [1.82, 2.24) is 0 Å². The molecule has 4 heteroatoms. The highest BCUT2D eigenvalue weighted by Crippen LogP contribution is 2.43. The molecule has 23 heavy (non-hydrogen) atoms. The SMILES string of the molecule is CC1C(=O)Sc2ccc(C3=C(c4ccccc4)C(=O)OC3)cc21. The molecular formula is C19H14O3S. The molecule has 0 fully saturated rings. The second kappa shape index (κ2) is 5.39. The number of esters is 1. The molecular weight excluding hydrogens is 308 g/mol. The third kappa shape index (κ3) is 2.30. The molecule has 1 unspecified atom stereocenters. The summed E-state index contributed by atoms with van der Waals surface area (Å²) in [5.41, 5.74) is 4.37. The zero-order chi connectivity index (χ0) is 16.0. The van der Waals surface area contributed by atoms with E-state index in [1.54, 1.807) is 0 Å². The third-order valence-corrected chi connectivity index (χ3v) is 5.45. The van der Waals surface area contributed by atoms with Gasteiger partial charge in [-0.05, 0) is 28.8 Å². The van der Waals surface area contributed by atoms with Gasteiger partial charge in [-0.1, -0.05) is 55.1 Å². The molecule has 2 aliphatic rings. The van der Waals surface area contributed by atoms with E-state index in [4.69, 9.17) is 4.74 Å². The van der Waals surface area contributed by atoms with Gasteiger partial charge >= 0.3 is 5.97 Å². The van der Waals surface area contributed by atoms with Gasteiger partial charge in [0, 0.05) is 10.5 Å². The Bertz CT molecular complexity index is 852. The van der Waals surface area contributed by atoms with Gasteiger partial charge in [0.1, 0.15) is 6.61 Å². The van der Waals surface area contributed by atoms with Gasteiger partial charge in [0.05, 0.1) is 11.5 Å². The number of hydrogen-bond acceptors (Lipinski definition) is 4. The standard InChI is InChI=1S/C19H14O3S/c1-11-14-9-13(7-8-16(14)23-19(11)21)15-10-22-18(20)17(15)12-5-3-2-4-6-12/h2-9,11H,10H2,1H3. The summed E-state index contributed by atoms with van der Waals surface area (Å²) >= 11 is 1.29. The Hall–Kier alpha value is -2.33. The van der Waals surface area contributed by atoms with Crippen LogP contribution in [0.1, 0.15) is 29.5 Å². The molecule has 0 bridgehead atoms. The molecule has 0 saturated heterocycles. The van der Waals surface area contributed by atoms with Crippen molar-refractivity contribution >= 4 is 34.0 Å². The number of thioether (sulfide) groups is 1. The monoisotopic (exact) mass is 322 g/mol. The first kappa shape index (κ1) is 14.3. The van der Waals surface area contributed by atoms with E-state index < -0.39 is 0 Å². The van der Waals surface area contributed by atoms with E-state index in [1.807, 2.05) is 55.5 Å². The van der Waals surface area contributed by atoms with Crippen LogP contribution in [0, 0.1) is 0 Å². The quantitative estimate of drug-likeness (QED) is 0.787. The topological polar surface area (TPSA) is 43.4 Å². The van der Waals surface area contributed by atoms with Crippen molar-refractivity contribution in [3.05, 3.63) is 65.2 Å². The van der Waals surface area contributed by atoms with E-state index in [2.05, 4.69) is 0 Å². The summed E-state index contributed by atoms with van der Waals surface area (Å²) in [6.45, 7) is 2.20. The Labute approximate surface area is 138 Å². The van der Waals surface area contributed by atoms with Crippen molar-refractivity contribution < 1.29 is 14.3 Å². The lowest BCUT2D eigenvalue weighted by atomic mass is 9.93. The average molecular weight is 322 g/mol. The minimum atomic E-state index is -0.287. The fourth-order valence-corrected chi connectivity index (χ4v) is 4.03. The Balaban J connectivity index is 1.85. The molecule has 0 spiro atoms. The highest BCUT2D eigenvalue weighted by molar-refractivity contribution is 8.14. The van der Waals surface area contributed by atoms with Gasteiger partial charge in [-0.15, -0.1) is 0 Å². The van der Waals surface area contributed by atoms with E-state index in [9.17, 15) is 9.59 Å². The molecule has 0 N–H and O–H groups in total. The van der Waals surface area contributed by atoms with E-state index in [0.29, 0.717) is 5.57 Å². The maximum atomic E-state index is 12.2. The number of carbonyl (C=O) groups is 2. The number of fused-ring (bicyclic) bond motifs is 1. The molecule has 1 atom stereocenters. The van der Waals surface area contributed by atoms with Crippen LogP contribution in [0.3, 0.4) is 0 Å². The molecule has 0 amide bonds. The Kier molecular flexibility index (Phi) is 3.34. The molecule has 2 aromatic rings. The van der Waals surface area contributed by atoms with Crippen molar-refractivity contribution in [2.75, 3.05) is 6.61 Å². The molecule has 3 nitrogen and oxygen atoms in total. The minimum Gasteiger partial charge on any atom is -0.457 e. The lowest BCUT2D eigenvalue weighted by Gasteiger charge is -2.08. The number of rotatable bonds is 2. The normalized spacial score (nSPS) is 20.0. The van der Waals surface area contributed by atoms with Crippen LogP contribution in [0.2, 0.25) is 0 Å². The molecule has 0 radical (unpaired) electrons. The predicted molar refractivity (Wildman–Crippen MR) is 89.9 cm³/mol. The van der Waals surface area contributed by atoms with Gasteiger partial charge in [-0.3, -0.25) is 4.79 Å². The molecule has 2 aliphatic heterocycles. The summed E-state index contributed by atoms with van der Waals surface area (Å²) in [5.74, 6) is -0.390. The van der Waals surface area contributed by atoms with Crippen molar-refractivity contribution in [3.8, 4) is 0 Å². The van der Waals surface area contributed by atoms with Gasteiger partial charge in [0.25, 0.3) is 0 Å². The lowest BCUT2D eigenvalue weighted by Crippen LogP contribution is -1.98. The van der Waals surface area contributed by atoms with Crippen LogP contribution in [0.4, 0.5) is 0 Å². The first-order chi connectivity index (χ1) is 11.1. The van der Waals surface area contributed by atoms with Gasteiger partial charge in [-0.2, -0.15) is 0 Å². The second-order valence-corrected chi connectivity index (χ2v) is 6.74. The average Bonchev–Trinajstić information content (AvgIpc) is 3.09. The zero-order valence-electron chi connectivity index (χ0n) is 12.5. The van der Waals surface area contributed by atoms with Gasteiger partial charge in [-0.25, -0.2) is 4.79 Å². The number of benzene rings is 2. The largest absolute Gasteiger partial charge is 0.457 e. The van der Waals surface area contributed by atoms with Crippen LogP contribution in [0.5, 0.6) is 0 Å². The van der Waals surface area contributed by atoms with Crippen LogP contribution in [0.15, 0.2) is 53.4 Å². The Morgan fingerprint density at radius 3 is 2.61 bits per heavy atom. The van der Waals surface area contributed by atoms with Crippen molar-refractivity contribution in [3.63, 3.8) is 0 Å². The van der Waals surface area contributed by atoms with Gasteiger partial charge in [0.15, 0.2) is 0 Å². The maximum absolute atomic E-state index is 12.2. The smallest absolute Gasteiger partial charge is 0.339 e. The summed E-state index contributed by atoms with van der Waals surface area (Å²) in [5, 5.41) is 0.174. The van der Waals surface area contributed by atoms with Crippen LogP contribution in [-0.2, 0) is 14.3 Å². The van der Waals surface area contributed by atoms with Gasteiger partial charge in [0.2, 0.25) is 5.12 Å². The van der Waals surface area contributed by atoms with E-state index in [0.717, 1.165) is 27.2 Å². The predicted octanol–water partition coefficient (Wildman–Crippen LogP) is 3.89. The van der Waals surface area contributed by atoms with Crippen molar-refractivity contribution in [2.45, 2.75) is 17.7 Å². The minimum absolute atomic E-state index is 0.103. The highest BCUT2D eigenvalue weighted by Gasteiger charge is 2.31. The molecule has 2 heterocycles. The summed E-state index contributed by atoms with van der Waals surface area (Å²) in [7, 11) is 0. The van der Waals surface area contributed by atoms with Crippen LogP contribution < -0.4 is 0 Å². The fraction of sp³-hybridized carbons (Fsp3) is 0.158. The number of hydrogen-bond donors (Lipinski definition) is 0. The van der Waals surface area contributed by atoms with Gasteiger partial charge < -0.3 is 4.74 Å². The first-order valence-electron chi connectivity index (χ1n) is 7.47. The summed E-state index contributed by atoms with van der Waals surface area (Å²) in [6, 6.07) is 15.5. The summed E-state index contributed by atoms with van der Waals surface area (Å²) in [6.07, 6.45) is 0. The van der Waals surface area contributed by atoms with Crippen molar-refractivity contribution in [1.29, 1.82) is 0 Å². The molecule has 0 aromatic heterocycles. The zero-order valence-corrected chi connectivity index (χ0v) is 13.4. The molecule has 0 aliphatic carbocycles. The third-order valence-electron chi connectivity index (χ3n) is 4.30. The molecule has 114 valence electrons. The fourth-order valence-electron chi connectivity index (χ4n) is 3.02. The highest BCUT2D eigenvalue weighted by atomic mass is 32.2. The second-order valence-electron chi connectivity index (χ2n) is 5.69. The van der Waals surface area contributed by atoms with Crippen LogP contribution in [-0.4, -0.2) is 17.7 Å². The Morgan fingerprint density at radius 1 is 1.04 bits per heavy atom. The maximum Gasteiger partial charge on any atom is 0.339 e. The number of ether oxygens (including phenoxy) is 1. The van der Waals surface area contributed by atoms with E-state index >= 15 is 0 Å². The molecule has 4 rings (SSSR count). The van der Waals surface area contributed by atoms with Crippen molar-refractivity contribution in [2.24, 2.45) is 0 Å². The van der Waals surface area contributed by atoms with E-state index in [-0.39, 0.29) is 23.6 Å². The van der Waals surface area contributed by atoms with Crippen LogP contribution in [0.25, 0.3) is 11.1 Å².